The number of fused-ring (bicyclic) bond motifs is 1. The van der Waals surface area contributed by atoms with Crippen molar-refractivity contribution in [3.05, 3.63) is 95.9 Å². The minimum atomic E-state index is -3.72. The van der Waals surface area contributed by atoms with Gasteiger partial charge in [0.2, 0.25) is 10.0 Å². The summed E-state index contributed by atoms with van der Waals surface area (Å²) in [5.41, 5.74) is 1.92. The number of anilines is 1. The van der Waals surface area contributed by atoms with Gasteiger partial charge in [0.25, 0.3) is 11.8 Å². The fraction of sp³-hybridized carbons (Fsp3) is 0.179. The van der Waals surface area contributed by atoms with E-state index in [4.69, 9.17) is 4.74 Å². The summed E-state index contributed by atoms with van der Waals surface area (Å²) in [5.74, 6) is -2.70. The van der Waals surface area contributed by atoms with E-state index >= 15 is 0 Å². The molecule has 0 aliphatic rings. The second-order valence-electron chi connectivity index (χ2n) is 9.07. The zero-order chi connectivity index (χ0) is 28.9. The maximum atomic E-state index is 13.3. The molecule has 40 heavy (non-hydrogen) atoms. The molecule has 0 bridgehead atoms. The van der Waals surface area contributed by atoms with Crippen LogP contribution in [0.4, 0.5) is 10.1 Å². The summed E-state index contributed by atoms with van der Waals surface area (Å²) in [6.07, 6.45) is 1.78. The van der Waals surface area contributed by atoms with Gasteiger partial charge in [-0.2, -0.15) is 0 Å². The van der Waals surface area contributed by atoms with Crippen molar-refractivity contribution in [3.63, 3.8) is 0 Å². The third-order valence-corrected chi connectivity index (χ3v) is 7.85. The van der Waals surface area contributed by atoms with Gasteiger partial charge in [-0.1, -0.05) is 24.3 Å². The van der Waals surface area contributed by atoms with E-state index in [9.17, 15) is 27.2 Å². The Kier molecular flexibility index (Phi) is 8.61. The summed E-state index contributed by atoms with van der Waals surface area (Å²) in [4.78, 5) is 41.5. The summed E-state index contributed by atoms with van der Waals surface area (Å²) in [6, 6.07) is 16.7. The number of hydrogen-bond acceptors (Lipinski definition) is 6. The highest BCUT2D eigenvalue weighted by Crippen LogP contribution is 2.20. The Morgan fingerprint density at radius 3 is 2.45 bits per heavy atom. The van der Waals surface area contributed by atoms with Crippen LogP contribution >= 0.6 is 0 Å². The van der Waals surface area contributed by atoms with Crippen LogP contribution in [0.3, 0.4) is 0 Å². The molecular weight excluding hydrogens is 539 g/mol. The predicted octanol–water partition coefficient (Wildman–Crippen LogP) is 3.08. The number of amides is 2. The molecule has 0 fully saturated rings. The molecule has 1 heterocycles. The molecule has 4 aromatic rings. The Balaban J connectivity index is 1.46. The van der Waals surface area contributed by atoms with Crippen molar-refractivity contribution in [1.82, 2.24) is 14.6 Å². The molecule has 0 aliphatic heterocycles. The van der Waals surface area contributed by atoms with E-state index < -0.39 is 46.3 Å². The summed E-state index contributed by atoms with van der Waals surface area (Å²) >= 11 is 0. The number of para-hydroxylation sites is 1. The van der Waals surface area contributed by atoms with Crippen molar-refractivity contribution < 1.29 is 31.9 Å². The zero-order valence-corrected chi connectivity index (χ0v) is 22.5. The summed E-state index contributed by atoms with van der Waals surface area (Å²) in [5, 5.41) is 5.96. The monoisotopic (exact) mass is 566 g/mol. The first kappa shape index (κ1) is 28.5. The Morgan fingerprint density at radius 2 is 1.73 bits per heavy atom. The number of carbonyl (C=O) groups excluding carboxylic acids is 3. The maximum absolute atomic E-state index is 13.3. The van der Waals surface area contributed by atoms with E-state index in [2.05, 4.69) is 15.6 Å². The Morgan fingerprint density at radius 1 is 1.00 bits per heavy atom. The van der Waals surface area contributed by atoms with Crippen LogP contribution in [0.1, 0.15) is 15.9 Å². The Hall–Kier alpha value is -4.55. The highest BCUT2D eigenvalue weighted by atomic mass is 32.2. The molecule has 1 atom stereocenters. The number of rotatable bonds is 10. The smallest absolute Gasteiger partial charge is 0.329 e. The molecule has 0 radical (unpaired) electrons. The number of aromatic amines is 1. The van der Waals surface area contributed by atoms with Crippen molar-refractivity contribution in [1.29, 1.82) is 0 Å². The topological polar surface area (TPSA) is 138 Å². The molecule has 2 amide bonds. The molecule has 0 spiro atoms. The van der Waals surface area contributed by atoms with E-state index in [0.29, 0.717) is 0 Å². The van der Waals surface area contributed by atoms with Crippen molar-refractivity contribution in [3.8, 4) is 0 Å². The first-order chi connectivity index (χ1) is 19.0. The highest BCUT2D eigenvalue weighted by molar-refractivity contribution is 7.89. The van der Waals surface area contributed by atoms with Crippen molar-refractivity contribution in [2.45, 2.75) is 17.4 Å². The minimum absolute atomic E-state index is 0.0189. The second-order valence-corrected chi connectivity index (χ2v) is 11.2. The van der Waals surface area contributed by atoms with Gasteiger partial charge in [0, 0.05) is 48.9 Å². The summed E-state index contributed by atoms with van der Waals surface area (Å²) in [7, 11) is -0.936. The highest BCUT2D eigenvalue weighted by Gasteiger charge is 2.26. The Bertz CT molecular complexity index is 1650. The van der Waals surface area contributed by atoms with Gasteiger partial charge in [-0.15, -0.1) is 0 Å². The predicted molar refractivity (Wildman–Crippen MR) is 147 cm³/mol. The molecule has 4 rings (SSSR count). The SMILES string of the molecule is CN(C)S(=O)(=O)c1cccc(NC(=O)COC(=O)C(Cc2c[nH]c3ccccc23)NC(=O)c2ccc(F)cc2)c1. The number of sulfonamides is 1. The fourth-order valence-corrected chi connectivity index (χ4v) is 4.88. The van der Waals surface area contributed by atoms with Gasteiger partial charge in [0.1, 0.15) is 11.9 Å². The first-order valence-corrected chi connectivity index (χ1v) is 13.6. The lowest BCUT2D eigenvalue weighted by Gasteiger charge is -2.18. The number of aromatic nitrogens is 1. The number of benzene rings is 3. The molecule has 208 valence electrons. The van der Waals surface area contributed by atoms with Gasteiger partial charge in [0.15, 0.2) is 6.61 Å². The van der Waals surface area contributed by atoms with Gasteiger partial charge in [-0.25, -0.2) is 21.9 Å². The van der Waals surface area contributed by atoms with Gasteiger partial charge >= 0.3 is 5.97 Å². The van der Waals surface area contributed by atoms with Gasteiger partial charge in [0.05, 0.1) is 4.90 Å². The molecule has 3 N–H and O–H groups in total. The van der Waals surface area contributed by atoms with Crippen molar-refractivity contribution in [2.24, 2.45) is 0 Å². The quantitative estimate of drug-likeness (QED) is 0.252. The van der Waals surface area contributed by atoms with E-state index in [-0.39, 0.29) is 22.6 Å². The summed E-state index contributed by atoms with van der Waals surface area (Å²) in [6.45, 7) is -0.680. The zero-order valence-electron chi connectivity index (χ0n) is 21.7. The molecule has 12 heteroatoms. The number of esters is 1. The third kappa shape index (κ3) is 6.71. The number of nitrogens with one attached hydrogen (secondary N) is 3. The van der Waals surface area contributed by atoms with Crippen LogP contribution in [0.5, 0.6) is 0 Å². The van der Waals surface area contributed by atoms with E-state index in [1.807, 2.05) is 24.3 Å². The normalized spacial score (nSPS) is 12.2. The lowest BCUT2D eigenvalue weighted by atomic mass is 10.0. The van der Waals surface area contributed by atoms with Gasteiger partial charge in [-0.05, 0) is 54.1 Å². The minimum Gasteiger partial charge on any atom is -0.454 e. The van der Waals surface area contributed by atoms with Crippen LogP contribution in [0.25, 0.3) is 10.9 Å². The molecule has 0 saturated carbocycles. The Labute approximate surface area is 230 Å². The first-order valence-electron chi connectivity index (χ1n) is 12.1. The van der Waals surface area contributed by atoms with Crippen LogP contribution in [0.15, 0.2) is 83.9 Å². The van der Waals surface area contributed by atoms with E-state index in [1.165, 1.54) is 50.5 Å². The summed E-state index contributed by atoms with van der Waals surface area (Å²) < 4.78 is 44.3. The van der Waals surface area contributed by atoms with Crippen LogP contribution in [0, 0.1) is 5.82 Å². The van der Waals surface area contributed by atoms with Crippen LogP contribution in [-0.4, -0.2) is 62.2 Å². The van der Waals surface area contributed by atoms with Crippen LogP contribution in [0.2, 0.25) is 0 Å². The van der Waals surface area contributed by atoms with Crippen LogP contribution < -0.4 is 10.6 Å². The molecule has 0 saturated heterocycles. The number of H-pyrrole nitrogens is 1. The number of halogens is 1. The molecule has 0 aliphatic carbocycles. The molecule has 1 unspecified atom stereocenters. The molecule has 10 nitrogen and oxygen atoms in total. The number of hydrogen-bond donors (Lipinski definition) is 3. The lowest BCUT2D eigenvalue weighted by molar-refractivity contribution is -0.149. The van der Waals surface area contributed by atoms with Crippen molar-refractivity contribution >= 4 is 44.4 Å². The third-order valence-electron chi connectivity index (χ3n) is 6.04. The molecule has 1 aromatic heterocycles. The molecular formula is C28H27FN4O6S. The molecule has 3 aromatic carbocycles. The van der Waals surface area contributed by atoms with Gasteiger partial charge < -0.3 is 20.4 Å². The number of nitrogens with zero attached hydrogens (tertiary/aromatic N) is 1. The second kappa shape index (κ2) is 12.1. The maximum Gasteiger partial charge on any atom is 0.329 e. The fourth-order valence-electron chi connectivity index (χ4n) is 3.94. The van der Waals surface area contributed by atoms with Crippen LogP contribution in [-0.2, 0) is 30.8 Å². The largest absolute Gasteiger partial charge is 0.454 e. The van der Waals surface area contributed by atoms with Gasteiger partial charge in [-0.3, -0.25) is 9.59 Å². The van der Waals surface area contributed by atoms with E-state index in [1.54, 1.807) is 6.20 Å². The standard InChI is InChI=1S/C28H27FN4O6S/c1-33(2)40(37,38)22-7-5-6-21(15-22)31-26(34)17-39-28(36)25(32-27(35)18-10-12-20(29)13-11-18)14-19-16-30-24-9-4-3-8-23(19)24/h3-13,15-16,25,30H,14,17H2,1-2H3,(H,31,34)(H,32,35). The average Bonchev–Trinajstić information content (AvgIpc) is 3.34. The van der Waals surface area contributed by atoms with Crippen molar-refractivity contribution in [2.75, 3.05) is 26.0 Å². The number of carbonyl (C=O) groups is 3. The average molecular weight is 567 g/mol. The number of ether oxygens (including phenoxy) is 1. The van der Waals surface area contributed by atoms with E-state index in [0.717, 1.165) is 32.9 Å². The lowest BCUT2D eigenvalue weighted by Crippen LogP contribution is -2.44.